The van der Waals surface area contributed by atoms with Crippen molar-refractivity contribution in [1.29, 1.82) is 0 Å². The minimum atomic E-state index is -1.17. The molecule has 19 heavy (non-hydrogen) atoms. The van der Waals surface area contributed by atoms with Crippen LogP contribution in [0.2, 0.25) is 0 Å². The molecule has 5 heteroatoms. The third-order valence-corrected chi connectivity index (χ3v) is 3.76. The lowest BCUT2D eigenvalue weighted by Gasteiger charge is -2.27. The van der Waals surface area contributed by atoms with Gasteiger partial charge in [-0.15, -0.1) is 0 Å². The van der Waals surface area contributed by atoms with Crippen LogP contribution in [-0.4, -0.2) is 23.0 Å². The summed E-state index contributed by atoms with van der Waals surface area (Å²) in [5.41, 5.74) is 0. The summed E-state index contributed by atoms with van der Waals surface area (Å²) in [6.07, 6.45) is 5.99. The van der Waals surface area contributed by atoms with Crippen molar-refractivity contribution in [2.24, 2.45) is 5.92 Å². The number of rotatable bonds is 4. The Morgan fingerprint density at radius 3 is 2.47 bits per heavy atom. The maximum atomic E-state index is 11.9. The Hall–Kier alpha value is -1.78. The van der Waals surface area contributed by atoms with E-state index in [1.54, 1.807) is 0 Å². The quantitative estimate of drug-likeness (QED) is 0.877. The summed E-state index contributed by atoms with van der Waals surface area (Å²) in [5, 5.41) is 11.6. The lowest BCUT2D eigenvalue weighted by Crippen LogP contribution is -2.38. The molecule has 5 nitrogen and oxygen atoms in total. The van der Waals surface area contributed by atoms with Gasteiger partial charge in [-0.25, -0.2) is 4.79 Å². The predicted octanol–water partition coefficient (Wildman–Crippen LogP) is 2.68. The molecule has 0 aliphatic heterocycles. The first-order valence-corrected chi connectivity index (χ1v) is 6.72. The van der Waals surface area contributed by atoms with E-state index in [4.69, 9.17) is 9.52 Å². The zero-order valence-electron chi connectivity index (χ0n) is 11.0. The highest BCUT2D eigenvalue weighted by molar-refractivity contribution is 5.93. The Kier molecular flexibility index (Phi) is 4.24. The van der Waals surface area contributed by atoms with Gasteiger partial charge in [0.05, 0.1) is 0 Å². The van der Waals surface area contributed by atoms with E-state index in [2.05, 4.69) is 5.32 Å². The van der Waals surface area contributed by atoms with Gasteiger partial charge in [0, 0.05) is 6.04 Å². The Labute approximate surface area is 112 Å². The maximum Gasteiger partial charge on any atom is 0.371 e. The second-order valence-corrected chi connectivity index (χ2v) is 5.13. The van der Waals surface area contributed by atoms with Crippen LogP contribution in [0.5, 0.6) is 0 Å². The third kappa shape index (κ3) is 3.36. The summed E-state index contributed by atoms with van der Waals surface area (Å²) >= 11 is 0. The van der Waals surface area contributed by atoms with Gasteiger partial charge in [-0.3, -0.25) is 4.79 Å². The van der Waals surface area contributed by atoms with Gasteiger partial charge in [0.1, 0.15) is 0 Å². The van der Waals surface area contributed by atoms with E-state index >= 15 is 0 Å². The van der Waals surface area contributed by atoms with Crippen molar-refractivity contribution < 1.29 is 19.1 Å². The molecule has 104 valence electrons. The SMILES string of the molecule is CC(NC(=O)c1ccc(C(=O)O)o1)C1CCCCC1. The van der Waals surface area contributed by atoms with Crippen molar-refractivity contribution in [3.63, 3.8) is 0 Å². The van der Waals surface area contributed by atoms with Crippen LogP contribution < -0.4 is 5.32 Å². The zero-order valence-corrected chi connectivity index (χ0v) is 11.0. The average Bonchev–Trinajstić information content (AvgIpc) is 2.89. The van der Waals surface area contributed by atoms with Crippen molar-refractivity contribution in [1.82, 2.24) is 5.32 Å². The van der Waals surface area contributed by atoms with Crippen LogP contribution in [0, 0.1) is 5.92 Å². The number of carboxylic acid groups (broad SMARTS) is 1. The van der Waals surface area contributed by atoms with Crippen LogP contribution in [0.25, 0.3) is 0 Å². The first-order valence-electron chi connectivity index (χ1n) is 6.72. The van der Waals surface area contributed by atoms with Crippen molar-refractivity contribution >= 4 is 11.9 Å². The summed E-state index contributed by atoms with van der Waals surface area (Å²) in [6.45, 7) is 1.99. The molecule has 1 heterocycles. The molecule has 1 fully saturated rings. The molecule has 1 aliphatic carbocycles. The van der Waals surface area contributed by atoms with E-state index in [1.807, 2.05) is 6.92 Å². The molecule has 0 saturated heterocycles. The lowest BCUT2D eigenvalue weighted by molar-refractivity contribution is 0.0659. The standard InChI is InChI=1S/C14H19NO4/c1-9(10-5-3-2-4-6-10)15-13(16)11-7-8-12(19-11)14(17)18/h7-10H,2-6H2,1H3,(H,15,16)(H,17,18). The van der Waals surface area contributed by atoms with E-state index in [-0.39, 0.29) is 23.5 Å². The van der Waals surface area contributed by atoms with Crippen molar-refractivity contribution in [3.8, 4) is 0 Å². The smallest absolute Gasteiger partial charge is 0.371 e. The number of hydrogen-bond acceptors (Lipinski definition) is 3. The van der Waals surface area contributed by atoms with Gasteiger partial charge in [-0.2, -0.15) is 0 Å². The topological polar surface area (TPSA) is 79.5 Å². The number of carboxylic acids is 1. The number of amides is 1. The number of nitrogens with one attached hydrogen (secondary N) is 1. The van der Waals surface area contributed by atoms with Gasteiger partial charge in [0.25, 0.3) is 5.91 Å². The van der Waals surface area contributed by atoms with Gasteiger partial charge in [0.15, 0.2) is 5.76 Å². The molecule has 0 aromatic carbocycles. The molecule has 0 radical (unpaired) electrons. The first-order chi connectivity index (χ1) is 9.08. The highest BCUT2D eigenvalue weighted by Gasteiger charge is 2.23. The van der Waals surface area contributed by atoms with Gasteiger partial charge in [-0.05, 0) is 37.8 Å². The van der Waals surface area contributed by atoms with E-state index < -0.39 is 5.97 Å². The molecule has 0 spiro atoms. The Morgan fingerprint density at radius 2 is 1.89 bits per heavy atom. The molecule has 1 atom stereocenters. The molecular formula is C14H19NO4. The second-order valence-electron chi connectivity index (χ2n) is 5.13. The van der Waals surface area contributed by atoms with Crippen LogP contribution in [0.4, 0.5) is 0 Å². The fourth-order valence-electron chi connectivity index (χ4n) is 2.60. The number of furan rings is 1. The average molecular weight is 265 g/mol. The van der Waals surface area contributed by atoms with E-state index in [9.17, 15) is 9.59 Å². The summed E-state index contributed by atoms with van der Waals surface area (Å²) in [6, 6.07) is 2.78. The molecule has 1 saturated carbocycles. The second kappa shape index (κ2) is 5.91. The highest BCUT2D eigenvalue weighted by Crippen LogP contribution is 2.26. The van der Waals surface area contributed by atoms with E-state index in [0.717, 1.165) is 12.8 Å². The minimum Gasteiger partial charge on any atom is -0.475 e. The van der Waals surface area contributed by atoms with Crippen LogP contribution >= 0.6 is 0 Å². The number of carbonyl (C=O) groups excluding carboxylic acids is 1. The predicted molar refractivity (Wildman–Crippen MR) is 69.2 cm³/mol. The molecule has 2 N–H and O–H groups in total. The van der Waals surface area contributed by atoms with Gasteiger partial charge >= 0.3 is 5.97 Å². The van der Waals surface area contributed by atoms with Crippen LogP contribution in [0.1, 0.15) is 60.1 Å². The Balaban J connectivity index is 1.93. The van der Waals surface area contributed by atoms with Gasteiger partial charge in [-0.1, -0.05) is 19.3 Å². The minimum absolute atomic E-state index is 0.0556. The summed E-state index contributed by atoms with van der Waals surface area (Å²) in [7, 11) is 0. The zero-order chi connectivity index (χ0) is 13.8. The van der Waals surface area contributed by atoms with Crippen molar-refractivity contribution in [2.75, 3.05) is 0 Å². The van der Waals surface area contributed by atoms with Crippen LogP contribution in [0.3, 0.4) is 0 Å². The Bertz CT molecular complexity index is 460. The number of carbonyl (C=O) groups is 2. The maximum absolute atomic E-state index is 11.9. The fourth-order valence-corrected chi connectivity index (χ4v) is 2.60. The molecule has 1 unspecified atom stereocenters. The van der Waals surface area contributed by atoms with Gasteiger partial charge < -0.3 is 14.8 Å². The molecule has 2 rings (SSSR count). The van der Waals surface area contributed by atoms with Crippen molar-refractivity contribution in [2.45, 2.75) is 45.1 Å². The first kappa shape index (κ1) is 13.6. The molecule has 1 aromatic heterocycles. The van der Waals surface area contributed by atoms with Gasteiger partial charge in [0.2, 0.25) is 5.76 Å². The summed E-state index contributed by atoms with van der Waals surface area (Å²) < 4.78 is 4.98. The van der Waals surface area contributed by atoms with Crippen molar-refractivity contribution in [3.05, 3.63) is 23.7 Å². The summed E-state index contributed by atoms with van der Waals surface area (Å²) in [5.74, 6) is -1.16. The van der Waals surface area contributed by atoms with E-state index in [1.165, 1.54) is 31.4 Å². The normalized spacial score (nSPS) is 17.9. The lowest BCUT2D eigenvalue weighted by atomic mass is 9.84. The molecule has 1 amide bonds. The third-order valence-electron chi connectivity index (χ3n) is 3.76. The molecule has 1 aromatic rings. The molecule has 0 bridgehead atoms. The van der Waals surface area contributed by atoms with E-state index in [0.29, 0.717) is 5.92 Å². The van der Waals surface area contributed by atoms with Crippen LogP contribution in [0.15, 0.2) is 16.5 Å². The largest absolute Gasteiger partial charge is 0.475 e. The number of hydrogen-bond donors (Lipinski definition) is 2. The molecular weight excluding hydrogens is 246 g/mol. The monoisotopic (exact) mass is 265 g/mol. The summed E-state index contributed by atoms with van der Waals surface area (Å²) in [4.78, 5) is 22.6. The fraction of sp³-hybridized carbons (Fsp3) is 0.571. The Morgan fingerprint density at radius 1 is 1.26 bits per heavy atom. The van der Waals surface area contributed by atoms with Crippen LogP contribution in [-0.2, 0) is 0 Å². The number of aromatic carboxylic acids is 1. The highest BCUT2D eigenvalue weighted by atomic mass is 16.4. The molecule has 1 aliphatic rings.